The smallest absolute Gasteiger partial charge is 0.417 e. The number of hydrogen-bond donors (Lipinski definition) is 1. The zero-order chi connectivity index (χ0) is 32.7. The third-order valence-corrected chi connectivity index (χ3v) is 12.5. The SMILES string of the molecule is CC1c2nc(-c3nc(C(=O)N[C@@H](CO[Si](C)(C)C(C)(C)C)C(=O)OC(C)(C)C)cs3)ccc2C(=O)N1C(=O)OC(C)(C)C. The summed E-state index contributed by atoms with van der Waals surface area (Å²) in [7, 11) is -2.22. The Morgan fingerprint density at radius 3 is 2.16 bits per heavy atom. The molecular formula is C30H44N4O7SSi. The molecule has 1 N–H and O–H groups in total. The lowest BCUT2D eigenvalue weighted by Crippen LogP contribution is -2.50. The molecule has 1 aliphatic rings. The number of fused-ring (bicyclic) bond motifs is 1. The fraction of sp³-hybridized carbons (Fsp3) is 0.600. The number of amides is 3. The van der Waals surface area contributed by atoms with Crippen LogP contribution in [0.15, 0.2) is 17.5 Å². The second-order valence-corrected chi connectivity index (χ2v) is 19.8. The molecule has 0 spiro atoms. The van der Waals surface area contributed by atoms with E-state index in [1.54, 1.807) is 66.0 Å². The number of aromatic nitrogens is 2. The molecule has 0 aromatic carbocycles. The summed E-state index contributed by atoms with van der Waals surface area (Å²) in [4.78, 5) is 62.1. The van der Waals surface area contributed by atoms with E-state index in [0.717, 1.165) is 4.90 Å². The van der Waals surface area contributed by atoms with E-state index in [-0.39, 0.29) is 17.3 Å². The number of thiazole rings is 1. The van der Waals surface area contributed by atoms with Gasteiger partial charge in [-0.25, -0.2) is 24.5 Å². The number of rotatable bonds is 7. The molecule has 11 nitrogen and oxygen atoms in total. The Morgan fingerprint density at radius 1 is 1.00 bits per heavy atom. The van der Waals surface area contributed by atoms with Gasteiger partial charge in [-0.1, -0.05) is 20.8 Å². The normalized spacial score (nSPS) is 16.5. The summed E-state index contributed by atoms with van der Waals surface area (Å²) in [5.74, 6) is -1.63. The first-order valence-electron chi connectivity index (χ1n) is 14.2. The summed E-state index contributed by atoms with van der Waals surface area (Å²) < 4.78 is 17.2. The van der Waals surface area contributed by atoms with Crippen LogP contribution in [0.1, 0.15) is 102 Å². The van der Waals surface area contributed by atoms with Crippen molar-refractivity contribution >= 4 is 43.5 Å². The first-order chi connectivity index (χ1) is 19.5. The maximum atomic E-state index is 13.3. The van der Waals surface area contributed by atoms with Crippen LogP contribution in [-0.2, 0) is 18.7 Å². The molecular weight excluding hydrogens is 589 g/mol. The highest BCUT2D eigenvalue weighted by atomic mass is 32.1. The maximum absolute atomic E-state index is 13.3. The molecule has 236 valence electrons. The van der Waals surface area contributed by atoms with Crippen LogP contribution in [0.5, 0.6) is 0 Å². The second kappa shape index (κ2) is 12.1. The molecule has 2 aromatic rings. The average molecular weight is 633 g/mol. The highest BCUT2D eigenvalue weighted by Gasteiger charge is 2.42. The van der Waals surface area contributed by atoms with Crippen LogP contribution in [0.4, 0.5) is 4.79 Å². The topological polar surface area (TPSA) is 137 Å². The quantitative estimate of drug-likeness (QED) is 0.283. The minimum Gasteiger partial charge on any atom is -0.458 e. The summed E-state index contributed by atoms with van der Waals surface area (Å²) in [6, 6.07) is 1.54. The lowest BCUT2D eigenvalue weighted by molar-refractivity contribution is -0.158. The van der Waals surface area contributed by atoms with Gasteiger partial charge in [-0.15, -0.1) is 11.3 Å². The van der Waals surface area contributed by atoms with E-state index in [1.807, 2.05) is 0 Å². The first-order valence-corrected chi connectivity index (χ1v) is 18.0. The third-order valence-electron chi connectivity index (χ3n) is 7.12. The fourth-order valence-corrected chi connectivity index (χ4v) is 5.64. The van der Waals surface area contributed by atoms with E-state index >= 15 is 0 Å². The molecule has 2 atom stereocenters. The van der Waals surface area contributed by atoms with Crippen molar-refractivity contribution in [3.05, 3.63) is 34.5 Å². The van der Waals surface area contributed by atoms with Crippen molar-refractivity contribution in [1.29, 1.82) is 0 Å². The number of imide groups is 1. The molecule has 2 aromatic heterocycles. The molecule has 43 heavy (non-hydrogen) atoms. The second-order valence-electron chi connectivity index (χ2n) is 14.1. The van der Waals surface area contributed by atoms with Gasteiger partial charge in [-0.2, -0.15) is 0 Å². The van der Waals surface area contributed by atoms with Gasteiger partial charge in [0.05, 0.1) is 29.6 Å². The molecule has 0 fully saturated rings. The van der Waals surface area contributed by atoms with Crippen molar-refractivity contribution in [2.24, 2.45) is 0 Å². The number of nitrogens with zero attached hydrogens (tertiary/aromatic N) is 3. The van der Waals surface area contributed by atoms with Gasteiger partial charge in [0.25, 0.3) is 11.8 Å². The first kappa shape index (κ1) is 34.3. The van der Waals surface area contributed by atoms with Crippen LogP contribution in [0.25, 0.3) is 10.7 Å². The zero-order valence-corrected chi connectivity index (χ0v) is 29.0. The molecule has 3 rings (SSSR count). The Morgan fingerprint density at radius 2 is 1.60 bits per heavy atom. The third kappa shape index (κ3) is 8.27. The molecule has 0 bridgehead atoms. The lowest BCUT2D eigenvalue weighted by Gasteiger charge is -2.37. The van der Waals surface area contributed by atoms with Gasteiger partial charge in [0, 0.05) is 5.38 Å². The number of carbonyl (C=O) groups is 4. The summed E-state index contributed by atoms with van der Waals surface area (Å²) in [5, 5.41) is 4.66. The van der Waals surface area contributed by atoms with Gasteiger partial charge in [0.1, 0.15) is 27.9 Å². The molecule has 13 heteroatoms. The van der Waals surface area contributed by atoms with Crippen LogP contribution in [0, 0.1) is 0 Å². The predicted molar refractivity (Wildman–Crippen MR) is 166 cm³/mol. The summed E-state index contributed by atoms with van der Waals surface area (Å²) in [6.45, 7) is 22.6. The van der Waals surface area contributed by atoms with E-state index in [0.29, 0.717) is 22.0 Å². The molecule has 0 saturated heterocycles. The highest BCUT2D eigenvalue weighted by molar-refractivity contribution is 7.13. The van der Waals surface area contributed by atoms with Crippen LogP contribution >= 0.6 is 11.3 Å². The minimum absolute atomic E-state index is 0.0272. The molecule has 1 aliphatic heterocycles. The summed E-state index contributed by atoms with van der Waals surface area (Å²) >= 11 is 1.19. The van der Waals surface area contributed by atoms with E-state index in [2.05, 4.69) is 49.1 Å². The van der Waals surface area contributed by atoms with Crippen molar-refractivity contribution in [3.8, 4) is 10.7 Å². The Kier molecular flexibility index (Phi) is 9.65. The molecule has 3 amide bonds. The Hall–Kier alpha value is -3.16. The largest absolute Gasteiger partial charge is 0.458 e. The van der Waals surface area contributed by atoms with E-state index in [4.69, 9.17) is 13.9 Å². The van der Waals surface area contributed by atoms with E-state index in [1.165, 1.54) is 11.3 Å². The molecule has 0 saturated carbocycles. The van der Waals surface area contributed by atoms with Gasteiger partial charge in [-0.05, 0) is 78.7 Å². The van der Waals surface area contributed by atoms with Gasteiger partial charge in [0.2, 0.25) is 0 Å². The fourth-order valence-electron chi connectivity index (χ4n) is 3.85. The maximum Gasteiger partial charge on any atom is 0.417 e. The van der Waals surface area contributed by atoms with Crippen LogP contribution in [-0.4, -0.2) is 70.9 Å². The van der Waals surface area contributed by atoms with Crippen molar-refractivity contribution in [2.75, 3.05) is 6.61 Å². The number of ether oxygens (including phenoxy) is 2. The molecule has 0 aliphatic carbocycles. The highest BCUT2D eigenvalue weighted by Crippen LogP contribution is 2.37. The van der Waals surface area contributed by atoms with Gasteiger partial charge >= 0.3 is 12.1 Å². The monoisotopic (exact) mass is 632 g/mol. The predicted octanol–water partition coefficient (Wildman–Crippen LogP) is 6.12. The molecule has 0 radical (unpaired) electrons. The Labute approximate surface area is 258 Å². The number of nitrogens with one attached hydrogen (secondary N) is 1. The average Bonchev–Trinajstić information content (AvgIpc) is 3.42. The number of pyridine rings is 1. The van der Waals surface area contributed by atoms with E-state index < -0.39 is 55.5 Å². The van der Waals surface area contributed by atoms with Crippen LogP contribution in [0.2, 0.25) is 18.1 Å². The summed E-state index contributed by atoms with van der Waals surface area (Å²) in [6.07, 6.45) is -0.741. The van der Waals surface area contributed by atoms with Crippen molar-refractivity contribution in [2.45, 2.75) is 111 Å². The van der Waals surface area contributed by atoms with Gasteiger partial charge in [0.15, 0.2) is 8.32 Å². The van der Waals surface area contributed by atoms with Crippen molar-refractivity contribution in [1.82, 2.24) is 20.2 Å². The standard InChI is InChI=1S/C30H44N4O7SSi/c1-17-22-18(25(36)34(17)27(38)41-29(5,6)7)13-14-19(31-22)24-33-21(16-42-24)23(35)32-20(26(37)40-28(2,3)4)15-39-43(11,12)30(8,9)10/h13-14,16-17,20H,15H2,1-12H3,(H,32,35)/t17?,20-/m0/s1. The van der Waals surface area contributed by atoms with Crippen LogP contribution in [0.3, 0.4) is 0 Å². The number of esters is 1. The Balaban J connectivity index is 1.81. The van der Waals surface area contributed by atoms with Crippen molar-refractivity contribution < 1.29 is 33.1 Å². The summed E-state index contributed by atoms with van der Waals surface area (Å²) in [5.41, 5.74) is -0.245. The lowest BCUT2D eigenvalue weighted by atomic mass is 10.1. The van der Waals surface area contributed by atoms with Crippen molar-refractivity contribution in [3.63, 3.8) is 0 Å². The molecule has 1 unspecified atom stereocenters. The molecule has 3 heterocycles. The van der Waals surface area contributed by atoms with Crippen LogP contribution < -0.4 is 5.32 Å². The van der Waals surface area contributed by atoms with Gasteiger partial charge in [-0.3, -0.25) is 9.59 Å². The van der Waals surface area contributed by atoms with Gasteiger partial charge < -0.3 is 19.2 Å². The number of hydrogen-bond acceptors (Lipinski definition) is 10. The minimum atomic E-state index is -2.22. The van der Waals surface area contributed by atoms with E-state index in [9.17, 15) is 19.2 Å². The Bertz CT molecular complexity index is 1400. The zero-order valence-electron chi connectivity index (χ0n) is 27.2. The number of carbonyl (C=O) groups excluding carboxylic acids is 4.